The molecule has 186 valence electrons. The van der Waals surface area contributed by atoms with Crippen LogP contribution in [-0.2, 0) is 52.7 Å². The predicted octanol–water partition coefficient (Wildman–Crippen LogP) is 4.57. The number of carbonyl (C=O) groups is 2. The van der Waals surface area contributed by atoms with E-state index in [9.17, 15) is 35.9 Å². The Kier molecular flexibility index (Phi) is 7.41. The zero-order chi connectivity index (χ0) is 25.1. The zero-order valence-corrected chi connectivity index (χ0v) is 18.0. The van der Waals surface area contributed by atoms with Gasteiger partial charge in [0.1, 0.15) is 6.61 Å². The van der Waals surface area contributed by atoms with Gasteiger partial charge in [-0.2, -0.15) is 31.4 Å². The summed E-state index contributed by atoms with van der Waals surface area (Å²) >= 11 is 0. The average molecular weight is 493 g/mol. The Bertz CT molecular complexity index is 1020. The van der Waals surface area contributed by atoms with E-state index in [1.807, 2.05) is 0 Å². The van der Waals surface area contributed by atoms with Crippen molar-refractivity contribution in [2.24, 2.45) is 0 Å². The molecule has 1 aromatic carbocycles. The lowest BCUT2D eigenvalue weighted by molar-refractivity contribution is -0.144. The fourth-order valence-electron chi connectivity index (χ4n) is 3.46. The summed E-state index contributed by atoms with van der Waals surface area (Å²) in [5.74, 6) is -0.452. The van der Waals surface area contributed by atoms with E-state index in [0.717, 1.165) is 0 Å². The standard InChI is InChI=1S/C21H21F6N3O4/c1-2-33-18(31)10-16-9-17-11-29(4-3-5-30(17)28-16)19(32)34-12-13-6-14(20(22,23)24)8-15(7-13)21(25,26)27/h6-9H,2-5,10-12H2,1H3. The van der Waals surface area contributed by atoms with Gasteiger partial charge in [0.25, 0.3) is 0 Å². The highest BCUT2D eigenvalue weighted by Crippen LogP contribution is 2.36. The molecule has 1 aliphatic rings. The minimum atomic E-state index is -5.00. The number of benzene rings is 1. The Labute approximate surface area is 190 Å². The molecule has 0 saturated carbocycles. The summed E-state index contributed by atoms with van der Waals surface area (Å²) in [5, 5.41) is 4.31. The Morgan fingerprint density at radius 3 is 2.21 bits per heavy atom. The average Bonchev–Trinajstić information content (AvgIpc) is 2.99. The minimum Gasteiger partial charge on any atom is -0.466 e. The molecule has 0 saturated heterocycles. The fraction of sp³-hybridized carbons (Fsp3) is 0.476. The maximum absolute atomic E-state index is 13.0. The number of ether oxygens (including phenoxy) is 2. The second-order valence-electron chi connectivity index (χ2n) is 7.58. The van der Waals surface area contributed by atoms with E-state index in [-0.39, 0.29) is 32.2 Å². The van der Waals surface area contributed by atoms with Crippen molar-refractivity contribution in [2.45, 2.75) is 51.8 Å². The molecule has 0 fully saturated rings. The third-order valence-electron chi connectivity index (χ3n) is 4.96. The summed E-state index contributed by atoms with van der Waals surface area (Å²) in [7, 11) is 0. The van der Waals surface area contributed by atoms with Gasteiger partial charge in [0.2, 0.25) is 0 Å². The van der Waals surface area contributed by atoms with Gasteiger partial charge >= 0.3 is 24.4 Å². The second-order valence-corrected chi connectivity index (χ2v) is 7.58. The summed E-state index contributed by atoms with van der Waals surface area (Å²) in [4.78, 5) is 25.5. The van der Waals surface area contributed by atoms with Crippen molar-refractivity contribution in [1.82, 2.24) is 14.7 Å². The number of rotatable bonds is 5. The molecule has 2 aromatic rings. The molecule has 0 aliphatic carbocycles. The summed E-state index contributed by atoms with van der Waals surface area (Å²) in [6, 6.07) is 2.67. The lowest BCUT2D eigenvalue weighted by Crippen LogP contribution is -2.31. The number of hydrogen-bond donors (Lipinski definition) is 0. The van der Waals surface area contributed by atoms with Gasteiger partial charge in [-0.25, -0.2) is 4.79 Å². The second kappa shape index (κ2) is 9.94. The number of alkyl halides is 6. The van der Waals surface area contributed by atoms with E-state index in [1.54, 1.807) is 17.7 Å². The monoisotopic (exact) mass is 493 g/mol. The lowest BCUT2D eigenvalue weighted by atomic mass is 10.1. The first-order chi connectivity index (χ1) is 15.9. The Hall–Kier alpha value is -3.25. The van der Waals surface area contributed by atoms with Gasteiger partial charge in [-0.1, -0.05) is 0 Å². The molecular weight excluding hydrogens is 472 g/mol. The van der Waals surface area contributed by atoms with Crippen LogP contribution >= 0.6 is 0 Å². The molecule has 34 heavy (non-hydrogen) atoms. The molecule has 0 bridgehead atoms. The summed E-state index contributed by atoms with van der Waals surface area (Å²) in [6.45, 7) is 1.87. The minimum absolute atomic E-state index is 0.00908. The predicted molar refractivity (Wildman–Crippen MR) is 104 cm³/mol. The Balaban J connectivity index is 1.69. The molecule has 0 radical (unpaired) electrons. The first-order valence-electron chi connectivity index (χ1n) is 10.3. The van der Waals surface area contributed by atoms with E-state index < -0.39 is 47.7 Å². The lowest BCUT2D eigenvalue weighted by Gasteiger charge is -2.20. The van der Waals surface area contributed by atoms with E-state index in [2.05, 4.69) is 5.10 Å². The third-order valence-corrected chi connectivity index (χ3v) is 4.96. The van der Waals surface area contributed by atoms with Crippen LogP contribution in [0.2, 0.25) is 0 Å². The molecule has 0 N–H and O–H groups in total. The number of esters is 1. The highest BCUT2D eigenvalue weighted by molar-refractivity contribution is 5.72. The van der Waals surface area contributed by atoms with Gasteiger partial charge in [0.05, 0.1) is 42.1 Å². The fourth-order valence-corrected chi connectivity index (χ4v) is 3.46. The van der Waals surface area contributed by atoms with Gasteiger partial charge < -0.3 is 14.4 Å². The Morgan fingerprint density at radius 1 is 0.971 bits per heavy atom. The normalized spacial score (nSPS) is 14.4. The highest BCUT2D eigenvalue weighted by Gasteiger charge is 2.37. The zero-order valence-electron chi connectivity index (χ0n) is 18.0. The highest BCUT2D eigenvalue weighted by atomic mass is 19.4. The number of amides is 1. The number of fused-ring (bicyclic) bond motifs is 1. The van der Waals surface area contributed by atoms with Crippen molar-refractivity contribution in [3.05, 3.63) is 52.3 Å². The van der Waals surface area contributed by atoms with Gasteiger partial charge in [-0.15, -0.1) is 0 Å². The van der Waals surface area contributed by atoms with Crippen LogP contribution in [0.5, 0.6) is 0 Å². The summed E-state index contributed by atoms with van der Waals surface area (Å²) in [6.07, 6.45) is -10.5. The number of hydrogen-bond acceptors (Lipinski definition) is 5. The van der Waals surface area contributed by atoms with Crippen molar-refractivity contribution in [1.29, 1.82) is 0 Å². The molecular formula is C21H21F6N3O4. The third kappa shape index (κ3) is 6.41. The maximum Gasteiger partial charge on any atom is 0.416 e. The van der Waals surface area contributed by atoms with Crippen LogP contribution < -0.4 is 0 Å². The van der Waals surface area contributed by atoms with Crippen molar-refractivity contribution < 1.29 is 45.4 Å². The van der Waals surface area contributed by atoms with Crippen LogP contribution in [-0.4, -0.2) is 39.9 Å². The molecule has 2 heterocycles. The first kappa shape index (κ1) is 25.4. The molecule has 1 aliphatic heterocycles. The van der Waals surface area contributed by atoms with E-state index in [0.29, 0.717) is 36.5 Å². The quantitative estimate of drug-likeness (QED) is 0.451. The van der Waals surface area contributed by atoms with Crippen LogP contribution in [0.25, 0.3) is 0 Å². The van der Waals surface area contributed by atoms with E-state index in [4.69, 9.17) is 9.47 Å². The first-order valence-corrected chi connectivity index (χ1v) is 10.3. The van der Waals surface area contributed by atoms with Crippen LogP contribution in [0.3, 0.4) is 0 Å². The van der Waals surface area contributed by atoms with E-state index in [1.165, 1.54) is 4.90 Å². The van der Waals surface area contributed by atoms with Crippen molar-refractivity contribution in [3.8, 4) is 0 Å². The SMILES string of the molecule is CCOC(=O)Cc1cc2n(n1)CCCN(C(=O)OCc1cc(C(F)(F)F)cc(C(F)(F)F)c1)C2. The molecule has 1 aromatic heterocycles. The van der Waals surface area contributed by atoms with E-state index >= 15 is 0 Å². The van der Waals surface area contributed by atoms with Crippen molar-refractivity contribution in [3.63, 3.8) is 0 Å². The largest absolute Gasteiger partial charge is 0.466 e. The number of carbonyl (C=O) groups excluding carboxylic acids is 2. The van der Waals surface area contributed by atoms with Crippen LogP contribution in [0.4, 0.5) is 31.1 Å². The van der Waals surface area contributed by atoms with Gasteiger partial charge in [-0.05, 0) is 43.2 Å². The number of aryl methyl sites for hydroxylation is 1. The Morgan fingerprint density at radius 2 is 1.62 bits per heavy atom. The molecule has 0 unspecified atom stereocenters. The molecule has 7 nitrogen and oxygen atoms in total. The van der Waals surface area contributed by atoms with Gasteiger partial charge in [0, 0.05) is 13.1 Å². The molecule has 3 rings (SSSR count). The topological polar surface area (TPSA) is 73.7 Å². The molecule has 0 spiro atoms. The molecule has 1 amide bonds. The summed E-state index contributed by atoms with van der Waals surface area (Å²) < 4.78 is 89.6. The van der Waals surface area contributed by atoms with Gasteiger partial charge in [0.15, 0.2) is 0 Å². The number of aromatic nitrogens is 2. The van der Waals surface area contributed by atoms with Crippen LogP contribution in [0.15, 0.2) is 24.3 Å². The van der Waals surface area contributed by atoms with Crippen molar-refractivity contribution >= 4 is 12.1 Å². The van der Waals surface area contributed by atoms with Crippen LogP contribution in [0, 0.1) is 0 Å². The number of nitrogens with zero attached hydrogens (tertiary/aromatic N) is 3. The number of halogens is 6. The van der Waals surface area contributed by atoms with Gasteiger partial charge in [-0.3, -0.25) is 9.48 Å². The summed E-state index contributed by atoms with van der Waals surface area (Å²) in [5.41, 5.74) is -2.35. The van der Waals surface area contributed by atoms with Crippen LogP contribution in [0.1, 0.15) is 41.4 Å². The van der Waals surface area contributed by atoms with Crippen molar-refractivity contribution in [2.75, 3.05) is 13.2 Å². The molecule has 0 atom stereocenters. The smallest absolute Gasteiger partial charge is 0.416 e. The maximum atomic E-state index is 13.0. The molecule has 13 heteroatoms.